The van der Waals surface area contributed by atoms with Crippen LogP contribution in [0.5, 0.6) is 0 Å². The first-order chi connectivity index (χ1) is 7.57. The molecule has 16 heavy (non-hydrogen) atoms. The van der Waals surface area contributed by atoms with Crippen molar-refractivity contribution in [3.8, 4) is 0 Å². The molecule has 0 aliphatic carbocycles. The number of hydrogen-bond acceptors (Lipinski definition) is 1. The van der Waals surface area contributed by atoms with Crippen molar-refractivity contribution in [2.75, 3.05) is 21.1 Å². The van der Waals surface area contributed by atoms with Crippen LogP contribution < -0.4 is 0 Å². The van der Waals surface area contributed by atoms with Crippen molar-refractivity contribution in [3.05, 3.63) is 35.9 Å². The van der Waals surface area contributed by atoms with Gasteiger partial charge in [0.05, 0.1) is 0 Å². The summed E-state index contributed by atoms with van der Waals surface area (Å²) in [5, 5.41) is 0. The van der Waals surface area contributed by atoms with Gasteiger partial charge in [-0.1, -0.05) is 62.1 Å². The zero-order chi connectivity index (χ0) is 12.4. The molecule has 0 aliphatic rings. The lowest BCUT2D eigenvalue weighted by atomic mass is 9.78. The van der Waals surface area contributed by atoms with Crippen LogP contribution in [0.4, 0.5) is 0 Å². The molecule has 1 nitrogen and oxygen atoms in total. The summed E-state index contributed by atoms with van der Waals surface area (Å²) in [6.45, 7) is 2.25. The predicted molar refractivity (Wildman–Crippen MR) is 76.9 cm³/mol. The van der Waals surface area contributed by atoms with Crippen molar-refractivity contribution in [3.63, 3.8) is 0 Å². The van der Waals surface area contributed by atoms with Gasteiger partial charge in [0.1, 0.15) is 7.85 Å². The predicted octanol–water partition coefficient (Wildman–Crippen LogP) is 2.73. The third-order valence-electron chi connectivity index (χ3n) is 2.36. The van der Waals surface area contributed by atoms with Gasteiger partial charge in [0.25, 0.3) is 0 Å². The summed E-state index contributed by atoms with van der Waals surface area (Å²) in [6.07, 6.45) is 3.97. The first-order valence-corrected chi connectivity index (χ1v) is 6.23. The van der Waals surface area contributed by atoms with Gasteiger partial charge in [-0.25, -0.2) is 0 Å². The first kappa shape index (κ1) is 15.2. The minimum absolute atomic E-state index is 0.728. The van der Waals surface area contributed by atoms with E-state index in [2.05, 4.69) is 45.1 Å². The van der Waals surface area contributed by atoms with Gasteiger partial charge < -0.3 is 4.90 Å². The minimum atomic E-state index is 0.728. The second-order valence-corrected chi connectivity index (χ2v) is 4.80. The number of unbranched alkanes of at least 4 members (excludes halogenated alkanes) is 1. The molecule has 0 aromatic heterocycles. The molecule has 2 heteroatoms. The normalized spacial score (nSPS) is 11.8. The second-order valence-electron chi connectivity index (χ2n) is 4.80. The maximum Gasteiger partial charge on any atom is 0.111 e. The maximum atomic E-state index is 2.31. The molecule has 90 valence electrons. The highest BCUT2D eigenvalue weighted by molar-refractivity contribution is 6.12. The lowest BCUT2D eigenvalue weighted by molar-refractivity contribution is 0.505. The van der Waals surface area contributed by atoms with Crippen LogP contribution in [0.15, 0.2) is 30.3 Å². The van der Waals surface area contributed by atoms with Crippen LogP contribution >= 0.6 is 0 Å². The number of rotatable bonds is 4. The summed E-state index contributed by atoms with van der Waals surface area (Å²) in [7, 11) is 8.31. The largest absolute Gasteiger partial charge is 0.312 e. The minimum Gasteiger partial charge on any atom is -0.312 e. The van der Waals surface area contributed by atoms with Crippen LogP contribution in [0.3, 0.4) is 0 Å². The van der Waals surface area contributed by atoms with Gasteiger partial charge in [0, 0.05) is 0 Å². The van der Waals surface area contributed by atoms with E-state index in [-0.39, 0.29) is 0 Å². The summed E-state index contributed by atoms with van der Waals surface area (Å²) in [5.41, 5.74) is 1.48. The Morgan fingerprint density at radius 2 is 1.62 bits per heavy atom. The molecule has 1 rings (SSSR count). The Bertz CT molecular complexity index is 243. The van der Waals surface area contributed by atoms with Gasteiger partial charge >= 0.3 is 0 Å². The van der Waals surface area contributed by atoms with Crippen LogP contribution in [0.1, 0.15) is 37.6 Å². The molecule has 1 aromatic rings. The molecule has 1 unspecified atom stereocenters. The average molecular weight is 219 g/mol. The van der Waals surface area contributed by atoms with Gasteiger partial charge in [-0.05, 0) is 27.0 Å². The van der Waals surface area contributed by atoms with Crippen molar-refractivity contribution < 1.29 is 0 Å². The molecule has 0 aliphatic heterocycles. The van der Waals surface area contributed by atoms with E-state index in [9.17, 15) is 0 Å². The highest BCUT2D eigenvalue weighted by Crippen LogP contribution is 2.17. The van der Waals surface area contributed by atoms with E-state index in [1.807, 2.05) is 26.0 Å². The van der Waals surface area contributed by atoms with Crippen LogP contribution in [-0.4, -0.2) is 33.9 Å². The van der Waals surface area contributed by atoms with Crippen molar-refractivity contribution in [2.24, 2.45) is 0 Å². The van der Waals surface area contributed by atoms with Crippen LogP contribution in [-0.2, 0) is 0 Å². The van der Waals surface area contributed by atoms with Crippen LogP contribution in [0, 0.1) is 0 Å². The molecule has 0 radical (unpaired) electrons. The Balaban J connectivity index is 0.000000487. The monoisotopic (exact) mass is 219 g/mol. The lowest BCUT2D eigenvalue weighted by Gasteiger charge is -2.10. The molecule has 0 saturated carbocycles. The average Bonchev–Trinajstić information content (AvgIpc) is 2.26. The second kappa shape index (κ2) is 9.47. The molecule has 0 fully saturated rings. The topological polar surface area (TPSA) is 3.24 Å². The standard InChI is InChI=1S/C11H17B.C3H9N/c1-2-3-9-11(12)10-7-5-4-6-8-10;1-4(2)3/h4-8,11H,2-3,9,12H2,1H3;1-3H3. The summed E-state index contributed by atoms with van der Waals surface area (Å²) in [6, 6.07) is 10.8. The molecular formula is C14H26BN. The molecule has 1 aromatic carbocycles. The quantitative estimate of drug-likeness (QED) is 0.704. The van der Waals surface area contributed by atoms with Crippen molar-refractivity contribution >= 4 is 7.85 Å². The van der Waals surface area contributed by atoms with Crippen molar-refractivity contribution in [1.82, 2.24) is 4.90 Å². The molecule has 0 bridgehead atoms. The van der Waals surface area contributed by atoms with E-state index in [1.165, 1.54) is 24.8 Å². The number of benzene rings is 1. The highest BCUT2D eigenvalue weighted by Gasteiger charge is 2.02. The smallest absolute Gasteiger partial charge is 0.111 e. The lowest BCUT2D eigenvalue weighted by Crippen LogP contribution is -1.99. The SMILES string of the molecule is BC(CCCC)c1ccccc1.CN(C)C. The third kappa shape index (κ3) is 8.54. The van der Waals surface area contributed by atoms with Gasteiger partial charge in [-0.15, -0.1) is 0 Å². The van der Waals surface area contributed by atoms with Crippen molar-refractivity contribution in [2.45, 2.75) is 32.0 Å². The molecule has 0 saturated heterocycles. The Morgan fingerprint density at radius 3 is 2.06 bits per heavy atom. The van der Waals surface area contributed by atoms with E-state index in [1.54, 1.807) is 0 Å². The fourth-order valence-electron chi connectivity index (χ4n) is 1.46. The summed E-state index contributed by atoms with van der Waals surface area (Å²) < 4.78 is 0. The van der Waals surface area contributed by atoms with Gasteiger partial charge in [-0.3, -0.25) is 0 Å². The summed E-state index contributed by atoms with van der Waals surface area (Å²) >= 11 is 0. The molecule has 0 spiro atoms. The summed E-state index contributed by atoms with van der Waals surface area (Å²) in [5.74, 6) is 0.728. The molecule has 0 heterocycles. The third-order valence-corrected chi connectivity index (χ3v) is 2.36. The van der Waals surface area contributed by atoms with Crippen LogP contribution in [0.25, 0.3) is 0 Å². The van der Waals surface area contributed by atoms with E-state index >= 15 is 0 Å². The van der Waals surface area contributed by atoms with Crippen LogP contribution in [0.2, 0.25) is 0 Å². The number of nitrogens with zero attached hydrogens (tertiary/aromatic N) is 1. The van der Waals surface area contributed by atoms with E-state index in [4.69, 9.17) is 0 Å². The van der Waals surface area contributed by atoms with Gasteiger partial charge in [-0.2, -0.15) is 0 Å². The summed E-state index contributed by atoms with van der Waals surface area (Å²) in [4.78, 5) is 2.00. The first-order valence-electron chi connectivity index (χ1n) is 6.23. The zero-order valence-corrected chi connectivity index (χ0v) is 11.5. The Kier molecular flexibility index (Phi) is 9.02. The van der Waals surface area contributed by atoms with E-state index in [0.717, 1.165) is 5.82 Å². The maximum absolute atomic E-state index is 2.31. The van der Waals surface area contributed by atoms with Crippen molar-refractivity contribution in [1.29, 1.82) is 0 Å². The van der Waals surface area contributed by atoms with Gasteiger partial charge in [0.2, 0.25) is 0 Å². The fourth-order valence-corrected chi connectivity index (χ4v) is 1.46. The van der Waals surface area contributed by atoms with E-state index < -0.39 is 0 Å². The molecular weight excluding hydrogens is 193 g/mol. The Labute approximate surface area is 102 Å². The van der Waals surface area contributed by atoms with E-state index in [0.29, 0.717) is 0 Å². The van der Waals surface area contributed by atoms with Gasteiger partial charge in [0.15, 0.2) is 0 Å². The molecule has 0 amide bonds. The zero-order valence-electron chi connectivity index (χ0n) is 11.5. The Morgan fingerprint density at radius 1 is 1.12 bits per heavy atom. The molecule has 0 N–H and O–H groups in total. The molecule has 1 atom stereocenters. The Hall–Kier alpha value is -0.755. The number of hydrogen-bond donors (Lipinski definition) is 0. The highest BCUT2D eigenvalue weighted by atomic mass is 15.0. The fraction of sp³-hybridized carbons (Fsp3) is 0.571.